The van der Waals surface area contributed by atoms with Crippen LogP contribution in [0.4, 0.5) is 0 Å². The van der Waals surface area contributed by atoms with Gasteiger partial charge in [-0.25, -0.2) is 18.1 Å². The van der Waals surface area contributed by atoms with E-state index in [1.54, 1.807) is 41.7 Å². The Kier molecular flexibility index (Phi) is 4.34. The van der Waals surface area contributed by atoms with Crippen molar-refractivity contribution in [3.63, 3.8) is 0 Å². The monoisotopic (exact) mass is 296 g/mol. The maximum atomic E-state index is 12.0. The average Bonchev–Trinajstić information content (AvgIpc) is 2.69. The molecule has 0 fully saturated rings. The van der Waals surface area contributed by atoms with Gasteiger partial charge in [0.2, 0.25) is 10.0 Å². The van der Waals surface area contributed by atoms with Crippen LogP contribution in [0, 0.1) is 13.8 Å². The summed E-state index contributed by atoms with van der Waals surface area (Å²) in [4.78, 5) is 5.86. The number of rotatable bonds is 5. The van der Waals surface area contributed by atoms with Gasteiger partial charge in [-0.15, -0.1) is 11.3 Å². The third-order valence-electron chi connectivity index (χ3n) is 2.76. The molecule has 0 spiro atoms. The van der Waals surface area contributed by atoms with Crippen LogP contribution >= 0.6 is 11.3 Å². The Morgan fingerprint density at radius 2 is 1.89 bits per heavy atom. The first kappa shape index (κ1) is 14.2. The first-order valence-corrected chi connectivity index (χ1v) is 8.26. The zero-order valence-corrected chi connectivity index (χ0v) is 12.5. The molecule has 1 aromatic heterocycles. The summed E-state index contributed by atoms with van der Waals surface area (Å²) in [5.74, 6) is 0. The van der Waals surface area contributed by atoms with Crippen molar-refractivity contribution >= 4 is 21.4 Å². The van der Waals surface area contributed by atoms with E-state index in [2.05, 4.69) is 9.71 Å². The van der Waals surface area contributed by atoms with Gasteiger partial charge < -0.3 is 0 Å². The van der Waals surface area contributed by atoms with Gasteiger partial charge in [0, 0.05) is 17.8 Å². The lowest BCUT2D eigenvalue weighted by Gasteiger charge is -2.05. The highest BCUT2D eigenvalue weighted by atomic mass is 32.2. The van der Waals surface area contributed by atoms with Crippen molar-refractivity contribution in [2.45, 2.75) is 25.2 Å². The molecule has 1 aromatic carbocycles. The van der Waals surface area contributed by atoms with Gasteiger partial charge in [0.05, 0.1) is 15.6 Å². The summed E-state index contributed by atoms with van der Waals surface area (Å²) in [7, 11) is -3.41. The normalized spacial score (nSPS) is 11.7. The summed E-state index contributed by atoms with van der Waals surface area (Å²) in [5.41, 5.74) is 1.02. The maximum absolute atomic E-state index is 12.0. The SMILES string of the molecule is Cc1nc(CCNS(=O)(=O)c2ccccc2)sc1C. The van der Waals surface area contributed by atoms with Gasteiger partial charge in [0.1, 0.15) is 0 Å². The molecule has 0 aliphatic carbocycles. The fraction of sp³-hybridized carbons (Fsp3) is 0.308. The topological polar surface area (TPSA) is 59.1 Å². The number of nitrogens with zero attached hydrogens (tertiary/aromatic N) is 1. The summed E-state index contributed by atoms with van der Waals surface area (Å²) < 4.78 is 26.5. The van der Waals surface area contributed by atoms with Crippen LogP contribution in [0.2, 0.25) is 0 Å². The van der Waals surface area contributed by atoms with Gasteiger partial charge in [0.25, 0.3) is 0 Å². The Morgan fingerprint density at radius 1 is 1.21 bits per heavy atom. The molecule has 0 unspecified atom stereocenters. The molecule has 0 aliphatic heterocycles. The second-order valence-corrected chi connectivity index (χ2v) is 7.26. The highest BCUT2D eigenvalue weighted by Crippen LogP contribution is 2.16. The molecule has 2 rings (SSSR count). The van der Waals surface area contributed by atoms with Crippen LogP contribution in [0.25, 0.3) is 0 Å². The standard InChI is InChI=1S/C13H16N2O2S2/c1-10-11(2)18-13(15-10)8-9-14-19(16,17)12-6-4-3-5-7-12/h3-7,14H,8-9H2,1-2H3. The molecule has 102 valence electrons. The lowest BCUT2D eigenvalue weighted by molar-refractivity contribution is 0.581. The maximum Gasteiger partial charge on any atom is 0.240 e. The van der Waals surface area contributed by atoms with Crippen LogP contribution < -0.4 is 4.72 Å². The third kappa shape index (κ3) is 3.62. The quantitative estimate of drug-likeness (QED) is 0.921. The number of nitrogens with one attached hydrogen (secondary N) is 1. The van der Waals surface area contributed by atoms with Crippen molar-refractivity contribution in [2.75, 3.05) is 6.54 Å². The first-order valence-electron chi connectivity index (χ1n) is 5.96. The van der Waals surface area contributed by atoms with Crippen molar-refractivity contribution in [3.8, 4) is 0 Å². The van der Waals surface area contributed by atoms with Crippen molar-refractivity contribution in [1.82, 2.24) is 9.71 Å². The zero-order valence-electron chi connectivity index (χ0n) is 10.9. The molecule has 6 heteroatoms. The van der Waals surface area contributed by atoms with Crippen LogP contribution in [-0.2, 0) is 16.4 Å². The van der Waals surface area contributed by atoms with E-state index in [-0.39, 0.29) is 0 Å². The fourth-order valence-electron chi connectivity index (χ4n) is 1.62. The Morgan fingerprint density at radius 3 is 2.47 bits per heavy atom. The Balaban J connectivity index is 1.96. The summed E-state index contributed by atoms with van der Waals surface area (Å²) in [6.45, 7) is 4.34. The summed E-state index contributed by atoms with van der Waals surface area (Å²) in [6, 6.07) is 8.38. The van der Waals surface area contributed by atoms with Crippen LogP contribution in [0.15, 0.2) is 35.2 Å². The fourth-order valence-corrected chi connectivity index (χ4v) is 3.61. The average molecular weight is 296 g/mol. The van der Waals surface area contributed by atoms with Crippen LogP contribution in [0.3, 0.4) is 0 Å². The number of thiazole rings is 1. The summed E-state index contributed by atoms with van der Waals surface area (Å²) >= 11 is 1.61. The van der Waals surface area contributed by atoms with E-state index >= 15 is 0 Å². The number of sulfonamides is 1. The Bertz CT molecular complexity index is 629. The van der Waals surface area contributed by atoms with E-state index in [4.69, 9.17) is 0 Å². The highest BCUT2D eigenvalue weighted by molar-refractivity contribution is 7.89. The third-order valence-corrected chi connectivity index (χ3v) is 5.37. The molecule has 0 bridgehead atoms. The number of benzene rings is 1. The highest BCUT2D eigenvalue weighted by Gasteiger charge is 2.13. The second kappa shape index (κ2) is 5.81. The van der Waals surface area contributed by atoms with E-state index in [1.165, 1.54) is 4.88 Å². The zero-order chi connectivity index (χ0) is 13.9. The van der Waals surface area contributed by atoms with E-state index in [0.29, 0.717) is 17.9 Å². The van der Waals surface area contributed by atoms with Gasteiger partial charge in [-0.05, 0) is 26.0 Å². The van der Waals surface area contributed by atoms with E-state index < -0.39 is 10.0 Å². The van der Waals surface area contributed by atoms with E-state index in [1.807, 2.05) is 13.8 Å². The van der Waals surface area contributed by atoms with Gasteiger partial charge >= 0.3 is 0 Å². The Labute approximate surface area is 117 Å². The predicted molar refractivity (Wildman–Crippen MR) is 76.9 cm³/mol. The molecule has 0 amide bonds. The van der Waals surface area contributed by atoms with Gasteiger partial charge in [0.15, 0.2) is 0 Å². The van der Waals surface area contributed by atoms with E-state index in [0.717, 1.165) is 10.7 Å². The van der Waals surface area contributed by atoms with Gasteiger partial charge in [-0.2, -0.15) is 0 Å². The van der Waals surface area contributed by atoms with Crippen molar-refractivity contribution in [2.24, 2.45) is 0 Å². The smallest absolute Gasteiger partial charge is 0.240 e. The van der Waals surface area contributed by atoms with E-state index in [9.17, 15) is 8.42 Å². The van der Waals surface area contributed by atoms with Crippen molar-refractivity contribution in [1.29, 1.82) is 0 Å². The molecule has 19 heavy (non-hydrogen) atoms. The molecule has 2 aromatic rings. The lowest BCUT2D eigenvalue weighted by Crippen LogP contribution is -2.25. The molecule has 1 heterocycles. The minimum absolute atomic E-state index is 0.293. The lowest BCUT2D eigenvalue weighted by atomic mass is 10.4. The van der Waals surface area contributed by atoms with Crippen molar-refractivity contribution < 1.29 is 8.42 Å². The molecular weight excluding hydrogens is 280 g/mol. The van der Waals surface area contributed by atoms with Crippen LogP contribution in [0.5, 0.6) is 0 Å². The predicted octanol–water partition coefficient (Wildman–Crippen LogP) is 2.28. The molecule has 0 radical (unpaired) electrons. The summed E-state index contributed by atoms with van der Waals surface area (Å²) in [5, 5.41) is 0.964. The number of aryl methyl sites for hydroxylation is 2. The molecule has 1 N–H and O–H groups in total. The molecule has 0 saturated carbocycles. The number of hydrogen-bond acceptors (Lipinski definition) is 4. The minimum atomic E-state index is -3.41. The molecule has 0 saturated heterocycles. The first-order chi connectivity index (χ1) is 8.99. The second-order valence-electron chi connectivity index (χ2n) is 4.21. The summed E-state index contributed by atoms with van der Waals surface area (Å²) in [6.07, 6.45) is 0.616. The van der Waals surface area contributed by atoms with Gasteiger partial charge in [-0.1, -0.05) is 18.2 Å². The molecular formula is C13H16N2O2S2. The van der Waals surface area contributed by atoms with Gasteiger partial charge in [-0.3, -0.25) is 0 Å². The number of aromatic nitrogens is 1. The molecule has 0 aliphatic rings. The molecule has 0 atom stereocenters. The van der Waals surface area contributed by atoms with Crippen LogP contribution in [0.1, 0.15) is 15.6 Å². The molecule has 4 nitrogen and oxygen atoms in total. The number of hydrogen-bond donors (Lipinski definition) is 1. The largest absolute Gasteiger partial charge is 0.246 e. The van der Waals surface area contributed by atoms with Crippen molar-refractivity contribution in [3.05, 3.63) is 45.9 Å². The van der Waals surface area contributed by atoms with Crippen LogP contribution in [-0.4, -0.2) is 19.9 Å². The Hall–Kier alpha value is -1.24. The minimum Gasteiger partial charge on any atom is -0.246 e.